The summed E-state index contributed by atoms with van der Waals surface area (Å²) in [6.45, 7) is 1.94. The summed E-state index contributed by atoms with van der Waals surface area (Å²) in [7, 11) is 0. The van der Waals surface area contributed by atoms with Crippen molar-refractivity contribution in [2.45, 2.75) is 25.4 Å². The van der Waals surface area contributed by atoms with E-state index >= 15 is 0 Å². The van der Waals surface area contributed by atoms with Crippen LogP contribution in [0.2, 0.25) is 0 Å². The first kappa shape index (κ1) is 6.79. The zero-order chi connectivity index (χ0) is 7.52. The molecule has 1 saturated carbocycles. The van der Waals surface area contributed by atoms with E-state index in [1.807, 2.05) is 4.68 Å². The lowest BCUT2D eigenvalue weighted by Crippen LogP contribution is -2.21. The van der Waals surface area contributed by atoms with E-state index in [1.165, 1.54) is 12.8 Å². The topological polar surface area (TPSA) is 42.7 Å². The van der Waals surface area contributed by atoms with Crippen molar-refractivity contribution >= 4 is 0 Å². The van der Waals surface area contributed by atoms with E-state index < -0.39 is 0 Å². The zero-order valence-electron chi connectivity index (χ0n) is 6.40. The SMILES string of the molecule is c1ncn(CCNC2CC2)n1. The monoisotopic (exact) mass is 152 g/mol. The average molecular weight is 152 g/mol. The Bertz CT molecular complexity index is 202. The maximum Gasteiger partial charge on any atom is 0.137 e. The molecule has 1 aliphatic rings. The highest BCUT2D eigenvalue weighted by Crippen LogP contribution is 2.17. The third-order valence-electron chi connectivity index (χ3n) is 1.82. The van der Waals surface area contributed by atoms with Crippen LogP contribution < -0.4 is 5.32 Å². The molecule has 1 fully saturated rings. The average Bonchev–Trinajstić information content (AvgIpc) is 2.66. The molecule has 60 valence electrons. The maximum atomic E-state index is 4.00. The first-order valence-electron chi connectivity index (χ1n) is 4.01. The fourth-order valence-corrected chi connectivity index (χ4v) is 1.02. The second kappa shape index (κ2) is 3.00. The largest absolute Gasteiger partial charge is 0.312 e. The number of hydrogen-bond acceptors (Lipinski definition) is 3. The number of rotatable bonds is 4. The smallest absolute Gasteiger partial charge is 0.137 e. The molecule has 0 aliphatic heterocycles. The van der Waals surface area contributed by atoms with E-state index in [-0.39, 0.29) is 0 Å². The molecule has 0 spiro atoms. The van der Waals surface area contributed by atoms with Gasteiger partial charge in [0.15, 0.2) is 0 Å². The van der Waals surface area contributed by atoms with Gasteiger partial charge >= 0.3 is 0 Å². The highest BCUT2D eigenvalue weighted by atomic mass is 15.3. The number of aromatic nitrogens is 3. The summed E-state index contributed by atoms with van der Waals surface area (Å²) >= 11 is 0. The van der Waals surface area contributed by atoms with Crippen molar-refractivity contribution in [2.24, 2.45) is 0 Å². The number of nitrogens with one attached hydrogen (secondary N) is 1. The van der Waals surface area contributed by atoms with E-state index in [4.69, 9.17) is 0 Å². The van der Waals surface area contributed by atoms with Gasteiger partial charge in [-0.1, -0.05) is 0 Å². The van der Waals surface area contributed by atoms with Crippen molar-refractivity contribution in [3.63, 3.8) is 0 Å². The summed E-state index contributed by atoms with van der Waals surface area (Å²) < 4.78 is 1.84. The zero-order valence-corrected chi connectivity index (χ0v) is 6.40. The molecule has 0 saturated heterocycles. The molecule has 0 amide bonds. The van der Waals surface area contributed by atoms with Crippen molar-refractivity contribution in [1.29, 1.82) is 0 Å². The van der Waals surface area contributed by atoms with Crippen molar-refractivity contribution in [3.8, 4) is 0 Å². The summed E-state index contributed by atoms with van der Waals surface area (Å²) in [5.41, 5.74) is 0. The lowest BCUT2D eigenvalue weighted by molar-refractivity contribution is 0.552. The van der Waals surface area contributed by atoms with Gasteiger partial charge in [0.1, 0.15) is 12.7 Å². The van der Waals surface area contributed by atoms with Crippen LogP contribution in [-0.4, -0.2) is 27.4 Å². The van der Waals surface area contributed by atoms with Gasteiger partial charge in [0, 0.05) is 12.6 Å². The minimum Gasteiger partial charge on any atom is -0.312 e. The van der Waals surface area contributed by atoms with Crippen molar-refractivity contribution in [2.75, 3.05) is 6.54 Å². The first-order valence-corrected chi connectivity index (χ1v) is 4.01. The number of nitrogens with zero attached hydrogens (tertiary/aromatic N) is 3. The van der Waals surface area contributed by atoms with Crippen LogP contribution >= 0.6 is 0 Å². The Hall–Kier alpha value is -0.900. The standard InChI is InChI=1S/C7H12N4/c1-2-7(1)9-3-4-11-6-8-5-10-11/h5-7,9H,1-4H2. The van der Waals surface area contributed by atoms with Gasteiger partial charge in [0.2, 0.25) is 0 Å². The second-order valence-electron chi connectivity index (χ2n) is 2.89. The Kier molecular flexibility index (Phi) is 1.85. The molecule has 4 heteroatoms. The van der Waals surface area contributed by atoms with Crippen molar-refractivity contribution < 1.29 is 0 Å². The fourth-order valence-electron chi connectivity index (χ4n) is 1.02. The van der Waals surface area contributed by atoms with Gasteiger partial charge in [0.25, 0.3) is 0 Å². The quantitative estimate of drug-likeness (QED) is 0.662. The van der Waals surface area contributed by atoms with Crippen LogP contribution in [-0.2, 0) is 6.54 Å². The van der Waals surface area contributed by atoms with Crippen LogP contribution in [0.5, 0.6) is 0 Å². The lowest BCUT2D eigenvalue weighted by atomic mass is 10.6. The van der Waals surface area contributed by atoms with Crippen LogP contribution in [0.25, 0.3) is 0 Å². The van der Waals surface area contributed by atoms with Gasteiger partial charge < -0.3 is 5.32 Å². The Morgan fingerprint density at radius 1 is 1.55 bits per heavy atom. The Balaban J connectivity index is 1.66. The normalized spacial score (nSPS) is 17.1. The minimum absolute atomic E-state index is 0.790. The first-order chi connectivity index (χ1) is 5.45. The highest BCUT2D eigenvalue weighted by Gasteiger charge is 2.19. The van der Waals surface area contributed by atoms with Gasteiger partial charge in [0.05, 0.1) is 6.54 Å². The summed E-state index contributed by atoms with van der Waals surface area (Å²) in [4.78, 5) is 3.86. The van der Waals surface area contributed by atoms with Crippen LogP contribution in [0, 0.1) is 0 Å². The molecule has 0 bridgehead atoms. The Morgan fingerprint density at radius 2 is 2.45 bits per heavy atom. The summed E-state index contributed by atoms with van der Waals surface area (Å²) in [5, 5.41) is 7.41. The van der Waals surface area contributed by atoms with Gasteiger partial charge in [-0.3, -0.25) is 4.68 Å². The molecule has 1 heterocycles. The molecule has 0 aromatic carbocycles. The Morgan fingerprint density at radius 3 is 3.09 bits per heavy atom. The van der Waals surface area contributed by atoms with E-state index in [9.17, 15) is 0 Å². The lowest BCUT2D eigenvalue weighted by Gasteiger charge is -2.00. The van der Waals surface area contributed by atoms with Gasteiger partial charge in [-0.15, -0.1) is 0 Å². The van der Waals surface area contributed by atoms with E-state index in [0.29, 0.717) is 0 Å². The van der Waals surface area contributed by atoms with Crippen LogP contribution in [0.1, 0.15) is 12.8 Å². The highest BCUT2D eigenvalue weighted by molar-refractivity contribution is 4.80. The molecule has 0 unspecified atom stereocenters. The predicted octanol–water partition coefficient (Wildman–Crippen LogP) is 0.0301. The second-order valence-corrected chi connectivity index (χ2v) is 2.89. The Labute approximate surface area is 65.6 Å². The summed E-state index contributed by atoms with van der Waals surface area (Å²) in [6, 6.07) is 0.790. The van der Waals surface area contributed by atoms with Crippen LogP contribution in [0.4, 0.5) is 0 Å². The van der Waals surface area contributed by atoms with E-state index in [2.05, 4.69) is 15.4 Å². The molecule has 1 aromatic heterocycles. The maximum absolute atomic E-state index is 4.00. The van der Waals surface area contributed by atoms with E-state index in [0.717, 1.165) is 19.1 Å². The molecule has 0 radical (unpaired) electrons. The molecule has 11 heavy (non-hydrogen) atoms. The van der Waals surface area contributed by atoms with Crippen LogP contribution in [0.15, 0.2) is 12.7 Å². The molecule has 4 nitrogen and oxygen atoms in total. The predicted molar refractivity (Wildman–Crippen MR) is 41.0 cm³/mol. The minimum atomic E-state index is 0.790. The molecular formula is C7H12N4. The molecule has 1 aliphatic carbocycles. The number of hydrogen-bond donors (Lipinski definition) is 1. The van der Waals surface area contributed by atoms with Gasteiger partial charge in [-0.05, 0) is 12.8 Å². The van der Waals surface area contributed by atoms with Crippen molar-refractivity contribution in [3.05, 3.63) is 12.7 Å². The molecule has 1 aromatic rings. The summed E-state index contributed by atoms with van der Waals surface area (Å²) in [5.74, 6) is 0. The van der Waals surface area contributed by atoms with Crippen molar-refractivity contribution in [1.82, 2.24) is 20.1 Å². The van der Waals surface area contributed by atoms with E-state index in [1.54, 1.807) is 12.7 Å². The molecule has 1 N–H and O–H groups in total. The molecular weight excluding hydrogens is 140 g/mol. The third kappa shape index (κ3) is 2.01. The van der Waals surface area contributed by atoms with Crippen LogP contribution in [0.3, 0.4) is 0 Å². The molecule has 2 rings (SSSR count). The third-order valence-corrected chi connectivity index (χ3v) is 1.82. The summed E-state index contributed by atoms with van der Waals surface area (Å²) in [6.07, 6.45) is 6.00. The fraction of sp³-hybridized carbons (Fsp3) is 0.714. The van der Waals surface area contributed by atoms with Gasteiger partial charge in [-0.25, -0.2) is 4.98 Å². The molecule has 0 atom stereocenters. The van der Waals surface area contributed by atoms with Gasteiger partial charge in [-0.2, -0.15) is 5.10 Å².